The predicted molar refractivity (Wildman–Crippen MR) is 103 cm³/mol. The van der Waals surface area contributed by atoms with Crippen LogP contribution in [0.1, 0.15) is 34.9 Å². The molecule has 27 heavy (non-hydrogen) atoms. The molecule has 2 aliphatic heterocycles. The molecule has 0 radical (unpaired) electrons. The first kappa shape index (κ1) is 16.4. The van der Waals surface area contributed by atoms with Gasteiger partial charge >= 0.3 is 0 Å². The lowest BCUT2D eigenvalue weighted by Crippen LogP contribution is -2.44. The van der Waals surface area contributed by atoms with Crippen LogP contribution in [0.4, 0.5) is 0 Å². The average molecular weight is 361 g/mol. The van der Waals surface area contributed by atoms with Crippen LogP contribution in [0.2, 0.25) is 0 Å². The number of imidazole rings is 1. The summed E-state index contributed by atoms with van der Waals surface area (Å²) in [5.41, 5.74) is 2.67. The van der Waals surface area contributed by atoms with Gasteiger partial charge in [-0.2, -0.15) is 0 Å². The largest absolute Gasteiger partial charge is 0.331 e. The summed E-state index contributed by atoms with van der Waals surface area (Å²) in [6.45, 7) is 4.60. The Morgan fingerprint density at radius 1 is 1.15 bits per heavy atom. The van der Waals surface area contributed by atoms with Crippen LogP contribution in [0.25, 0.3) is 10.9 Å². The lowest BCUT2D eigenvalue weighted by atomic mass is 10.1. The third-order valence-corrected chi connectivity index (χ3v) is 5.72. The SMILES string of the molecule is O=C(c1cnc2ccccc2c1)N1Cc2cncn2[C@@H](CN2CCCC2)C1. The molecule has 0 unspecified atom stereocenters. The molecular weight excluding hydrogens is 338 g/mol. The maximum absolute atomic E-state index is 13.2. The zero-order valence-electron chi connectivity index (χ0n) is 15.3. The predicted octanol–water partition coefficient (Wildman–Crippen LogP) is 2.72. The van der Waals surface area contributed by atoms with E-state index in [2.05, 4.69) is 19.4 Å². The molecule has 2 aromatic heterocycles. The van der Waals surface area contributed by atoms with Crippen molar-refractivity contribution < 1.29 is 4.79 Å². The van der Waals surface area contributed by atoms with Gasteiger partial charge in [0, 0.05) is 30.9 Å². The van der Waals surface area contributed by atoms with Crippen LogP contribution in [-0.2, 0) is 6.54 Å². The highest BCUT2D eigenvalue weighted by Crippen LogP contribution is 2.25. The summed E-state index contributed by atoms with van der Waals surface area (Å²) in [6.07, 6.45) is 8.04. The average Bonchev–Trinajstić information content (AvgIpc) is 3.38. The van der Waals surface area contributed by atoms with E-state index in [9.17, 15) is 4.79 Å². The number of rotatable bonds is 3. The number of carbonyl (C=O) groups excluding carboxylic acids is 1. The van der Waals surface area contributed by atoms with Gasteiger partial charge in [-0.05, 0) is 38.1 Å². The molecule has 0 saturated carbocycles. The second-order valence-corrected chi connectivity index (χ2v) is 7.56. The van der Waals surface area contributed by atoms with Gasteiger partial charge in [-0.25, -0.2) is 4.98 Å². The summed E-state index contributed by atoms with van der Waals surface area (Å²) in [7, 11) is 0. The van der Waals surface area contributed by atoms with Gasteiger partial charge < -0.3 is 14.4 Å². The number of para-hydroxylation sites is 1. The Balaban J connectivity index is 1.41. The van der Waals surface area contributed by atoms with E-state index in [0.29, 0.717) is 18.7 Å². The number of fused-ring (bicyclic) bond motifs is 2. The Kier molecular flexibility index (Phi) is 4.13. The van der Waals surface area contributed by atoms with Gasteiger partial charge in [-0.15, -0.1) is 0 Å². The highest BCUT2D eigenvalue weighted by molar-refractivity contribution is 5.97. The monoisotopic (exact) mass is 361 g/mol. The Hall–Kier alpha value is -2.73. The van der Waals surface area contributed by atoms with Gasteiger partial charge in [0.1, 0.15) is 0 Å². The van der Waals surface area contributed by atoms with Crippen molar-refractivity contribution in [2.75, 3.05) is 26.2 Å². The van der Waals surface area contributed by atoms with Crippen LogP contribution in [0.5, 0.6) is 0 Å². The number of amides is 1. The summed E-state index contributed by atoms with van der Waals surface area (Å²) in [6, 6.07) is 10.1. The van der Waals surface area contributed by atoms with Crippen LogP contribution >= 0.6 is 0 Å². The highest BCUT2D eigenvalue weighted by Gasteiger charge is 2.30. The van der Waals surface area contributed by atoms with Gasteiger partial charge in [-0.1, -0.05) is 18.2 Å². The maximum Gasteiger partial charge on any atom is 0.255 e. The zero-order valence-corrected chi connectivity index (χ0v) is 15.3. The number of aromatic nitrogens is 3. The third kappa shape index (κ3) is 3.10. The van der Waals surface area contributed by atoms with Crippen molar-refractivity contribution in [2.24, 2.45) is 0 Å². The van der Waals surface area contributed by atoms with Gasteiger partial charge in [0.05, 0.1) is 35.7 Å². The first-order chi connectivity index (χ1) is 13.3. The van der Waals surface area contributed by atoms with E-state index < -0.39 is 0 Å². The number of hydrogen-bond donors (Lipinski definition) is 0. The fourth-order valence-corrected chi connectivity index (χ4v) is 4.32. The molecule has 0 spiro atoms. The molecule has 1 saturated heterocycles. The molecule has 0 aliphatic carbocycles. The minimum atomic E-state index is 0.0483. The minimum Gasteiger partial charge on any atom is -0.331 e. The van der Waals surface area contributed by atoms with Crippen molar-refractivity contribution in [1.82, 2.24) is 24.3 Å². The fourth-order valence-electron chi connectivity index (χ4n) is 4.32. The lowest BCUT2D eigenvalue weighted by Gasteiger charge is -2.36. The molecule has 5 rings (SSSR count). The van der Waals surface area contributed by atoms with Crippen LogP contribution < -0.4 is 0 Å². The van der Waals surface area contributed by atoms with Crippen molar-refractivity contribution in [1.29, 1.82) is 0 Å². The maximum atomic E-state index is 13.2. The molecule has 6 heteroatoms. The first-order valence-corrected chi connectivity index (χ1v) is 9.65. The third-order valence-electron chi connectivity index (χ3n) is 5.72. The number of pyridine rings is 1. The van der Waals surface area contributed by atoms with E-state index in [4.69, 9.17) is 0 Å². The van der Waals surface area contributed by atoms with E-state index in [1.54, 1.807) is 6.20 Å². The normalized spacial score (nSPS) is 20.1. The second kappa shape index (κ2) is 6.78. The molecule has 6 nitrogen and oxygen atoms in total. The van der Waals surface area contributed by atoms with E-state index >= 15 is 0 Å². The lowest BCUT2D eigenvalue weighted by molar-refractivity contribution is 0.0658. The van der Waals surface area contributed by atoms with E-state index in [0.717, 1.165) is 36.2 Å². The van der Waals surface area contributed by atoms with Crippen molar-refractivity contribution >= 4 is 16.8 Å². The number of likely N-dealkylation sites (tertiary alicyclic amines) is 1. The second-order valence-electron chi connectivity index (χ2n) is 7.56. The van der Waals surface area contributed by atoms with Gasteiger partial charge in [0.25, 0.3) is 5.91 Å². The number of benzene rings is 1. The number of nitrogens with zero attached hydrogens (tertiary/aromatic N) is 5. The standard InChI is InChI=1S/C21H23N5O/c27-21(17-9-16-5-1-2-6-20(16)23-10-17)25-13-18-11-22-15-26(18)19(14-25)12-24-7-3-4-8-24/h1-2,5-6,9-11,15,19H,3-4,7-8,12-14H2/t19-/m0/s1. The molecule has 1 atom stereocenters. The molecule has 4 heterocycles. The van der Waals surface area contributed by atoms with Crippen molar-refractivity contribution in [2.45, 2.75) is 25.4 Å². The van der Waals surface area contributed by atoms with Crippen LogP contribution in [0.15, 0.2) is 49.1 Å². The summed E-state index contributed by atoms with van der Waals surface area (Å²) in [5, 5.41) is 0.999. The van der Waals surface area contributed by atoms with E-state index in [-0.39, 0.29) is 11.9 Å². The number of carbonyl (C=O) groups is 1. The molecule has 138 valence electrons. The Morgan fingerprint density at radius 2 is 2.00 bits per heavy atom. The highest BCUT2D eigenvalue weighted by atomic mass is 16.2. The quantitative estimate of drug-likeness (QED) is 0.720. The zero-order chi connectivity index (χ0) is 18.2. The van der Waals surface area contributed by atoms with Crippen LogP contribution in [0.3, 0.4) is 0 Å². The summed E-state index contributed by atoms with van der Waals surface area (Å²) in [5.74, 6) is 0.0483. The summed E-state index contributed by atoms with van der Waals surface area (Å²) < 4.78 is 2.25. The molecule has 1 fully saturated rings. The van der Waals surface area contributed by atoms with E-state index in [1.165, 1.54) is 12.8 Å². The van der Waals surface area contributed by atoms with Crippen molar-refractivity contribution in [3.63, 3.8) is 0 Å². The van der Waals surface area contributed by atoms with Crippen molar-refractivity contribution in [3.05, 3.63) is 60.3 Å². The fraction of sp³-hybridized carbons (Fsp3) is 0.381. The molecule has 3 aromatic rings. The Morgan fingerprint density at radius 3 is 2.89 bits per heavy atom. The first-order valence-electron chi connectivity index (χ1n) is 9.65. The van der Waals surface area contributed by atoms with Crippen LogP contribution in [-0.4, -0.2) is 56.4 Å². The molecule has 0 N–H and O–H groups in total. The summed E-state index contributed by atoms with van der Waals surface area (Å²) in [4.78, 5) is 26.4. The molecule has 1 aromatic carbocycles. The van der Waals surface area contributed by atoms with Crippen LogP contribution in [0, 0.1) is 0 Å². The molecule has 2 aliphatic rings. The molecule has 1 amide bonds. The smallest absolute Gasteiger partial charge is 0.255 e. The van der Waals surface area contributed by atoms with Gasteiger partial charge in [0.2, 0.25) is 0 Å². The minimum absolute atomic E-state index is 0.0483. The Bertz CT molecular complexity index is 975. The summed E-state index contributed by atoms with van der Waals surface area (Å²) >= 11 is 0. The van der Waals surface area contributed by atoms with E-state index in [1.807, 2.05) is 47.8 Å². The Labute approximate surface area is 158 Å². The topological polar surface area (TPSA) is 54.3 Å². The van der Waals surface area contributed by atoms with Crippen molar-refractivity contribution in [3.8, 4) is 0 Å². The number of hydrogen-bond acceptors (Lipinski definition) is 4. The van der Waals surface area contributed by atoms with Gasteiger partial charge in [-0.3, -0.25) is 9.78 Å². The molecule has 0 bridgehead atoms. The molecular formula is C21H23N5O. The van der Waals surface area contributed by atoms with Gasteiger partial charge in [0.15, 0.2) is 0 Å².